The van der Waals surface area contributed by atoms with Gasteiger partial charge in [0, 0.05) is 33.1 Å². The predicted octanol–water partition coefficient (Wildman–Crippen LogP) is 17.7. The Kier molecular flexibility index (Phi) is 6.20. The van der Waals surface area contributed by atoms with Crippen LogP contribution in [-0.2, 0) is 0 Å². The van der Waals surface area contributed by atoms with Crippen LogP contribution in [0.2, 0.25) is 0 Å². The molecule has 0 saturated heterocycles. The number of benzene rings is 10. The van der Waals surface area contributed by atoms with E-state index < -0.39 is 131 Å². The fraction of sp³-hybridized carbons (Fsp3) is 0. The maximum Gasteiger partial charge on any atom is 0.143 e. The summed E-state index contributed by atoms with van der Waals surface area (Å²) >= 11 is 0. The quantitative estimate of drug-likeness (QED) is 0.128. The summed E-state index contributed by atoms with van der Waals surface area (Å²) in [7, 11) is 0. The molecule has 0 fully saturated rings. The van der Waals surface area contributed by atoms with E-state index in [0.717, 1.165) is 49.7 Å². The van der Waals surface area contributed by atoms with Crippen LogP contribution < -0.4 is 4.90 Å². The third-order valence-corrected chi connectivity index (χ3v) is 10.9. The number of fused-ring (bicyclic) bond motifs is 5. The summed E-state index contributed by atoms with van der Waals surface area (Å²) in [5, 5.41) is 3.42. The highest BCUT2D eigenvalue weighted by molar-refractivity contribution is 6.15. The minimum absolute atomic E-state index is 0.0384. The molecule has 0 spiro atoms. The lowest BCUT2D eigenvalue weighted by molar-refractivity contribution is 0.672. The van der Waals surface area contributed by atoms with E-state index in [1.54, 1.807) is 48.5 Å². The average molecular weight is 836 g/mol. The van der Waals surface area contributed by atoms with Gasteiger partial charge in [0.1, 0.15) is 11.2 Å². The van der Waals surface area contributed by atoms with Gasteiger partial charge in [-0.3, -0.25) is 0 Å². The number of para-hydroxylation sites is 1. The Hall–Kier alpha value is -8.46. The Balaban J connectivity index is 1.13. The van der Waals surface area contributed by atoms with E-state index in [0.29, 0.717) is 34.4 Å². The van der Waals surface area contributed by atoms with Crippen molar-refractivity contribution in [2.45, 2.75) is 0 Å². The highest BCUT2D eigenvalue weighted by atomic mass is 16.3. The van der Waals surface area contributed by atoms with E-state index in [-0.39, 0.29) is 22.4 Å². The van der Waals surface area contributed by atoms with Crippen molar-refractivity contribution in [1.29, 1.82) is 0 Å². The molecule has 2 nitrogen and oxygen atoms in total. The van der Waals surface area contributed by atoms with Gasteiger partial charge in [-0.15, -0.1) is 0 Å². The highest BCUT2D eigenvalue weighted by Crippen LogP contribution is 2.44. The zero-order valence-electron chi connectivity index (χ0n) is 51.8. The zero-order valence-corrected chi connectivity index (χ0v) is 33.8. The second-order valence-corrected chi connectivity index (χ2v) is 14.8. The largest absolute Gasteiger partial charge is 0.455 e. The molecular formula is C62H43NO. The van der Waals surface area contributed by atoms with Gasteiger partial charge in [-0.1, -0.05) is 200 Å². The summed E-state index contributed by atoms with van der Waals surface area (Å²) < 4.78 is 170. The van der Waals surface area contributed by atoms with E-state index in [1.807, 2.05) is 84.9 Å². The van der Waals surface area contributed by atoms with Gasteiger partial charge in [-0.05, 0) is 116 Å². The number of rotatable bonds is 10. The summed E-state index contributed by atoms with van der Waals surface area (Å²) in [6.07, 6.45) is 0. The first-order chi connectivity index (χ1) is 39.2. The molecule has 2 heteroatoms. The predicted molar refractivity (Wildman–Crippen MR) is 272 cm³/mol. The van der Waals surface area contributed by atoms with Crippen molar-refractivity contribution >= 4 is 55.8 Å². The minimum atomic E-state index is -0.849. The molecule has 64 heavy (non-hydrogen) atoms. The van der Waals surface area contributed by atoms with Gasteiger partial charge in [-0.2, -0.15) is 0 Å². The standard InChI is InChI=1S/C62H43NO/c1-2-3-12-43-13-11-17-52(41-43)50-27-25-47(26-28-50)49-31-37-55(38-32-49)63(54-35-29-48(30-36-54)46-23-21-45(22-24-46)44-14-5-4-6-15-44)60-20-10-9-18-56(60)53-34-40-61-59(42-53)58-39-33-51-16-7-8-19-57(51)62(58)64-61/h2-42H,1H2/b12-3-/i1D,2D,3D,12D,13D,17D,25D,26D,27D,28D,29D,30D,31D,32D,35D,36D,37D,38D/b2-1?,12-3-. The number of hydrogen-bond acceptors (Lipinski definition) is 2. The molecule has 11 aromatic rings. The van der Waals surface area contributed by atoms with E-state index in [1.165, 1.54) is 0 Å². The zero-order chi connectivity index (χ0) is 58.3. The third-order valence-electron chi connectivity index (χ3n) is 10.9. The third kappa shape index (κ3) is 7.38. The van der Waals surface area contributed by atoms with Crippen molar-refractivity contribution in [2.24, 2.45) is 0 Å². The van der Waals surface area contributed by atoms with Crippen LogP contribution in [0, 0.1) is 0 Å². The first-order valence-electron chi connectivity index (χ1n) is 29.4. The smallest absolute Gasteiger partial charge is 0.143 e. The maximum absolute atomic E-state index is 9.82. The normalized spacial score (nSPS) is 16.0. The van der Waals surface area contributed by atoms with Crippen molar-refractivity contribution in [1.82, 2.24) is 0 Å². The van der Waals surface area contributed by atoms with Crippen LogP contribution in [0.1, 0.15) is 30.2 Å². The summed E-state index contributed by atoms with van der Waals surface area (Å²) in [6.45, 7) is 0.534. The van der Waals surface area contributed by atoms with Crippen LogP contribution in [0.4, 0.5) is 17.1 Å². The Morgan fingerprint density at radius 3 is 1.78 bits per heavy atom. The highest BCUT2D eigenvalue weighted by Gasteiger charge is 2.19. The summed E-state index contributed by atoms with van der Waals surface area (Å²) in [4.78, 5) is 1.16. The molecule has 1 heterocycles. The fourth-order valence-electron chi connectivity index (χ4n) is 7.81. The van der Waals surface area contributed by atoms with E-state index >= 15 is 0 Å². The van der Waals surface area contributed by atoms with Gasteiger partial charge in [0.15, 0.2) is 0 Å². The maximum atomic E-state index is 9.82. The molecule has 10 aromatic carbocycles. The van der Waals surface area contributed by atoms with Crippen molar-refractivity contribution in [3.8, 4) is 55.6 Å². The molecule has 0 bridgehead atoms. The second-order valence-electron chi connectivity index (χ2n) is 14.8. The van der Waals surface area contributed by atoms with E-state index in [2.05, 4.69) is 0 Å². The lowest BCUT2D eigenvalue weighted by Gasteiger charge is -2.28. The van der Waals surface area contributed by atoms with Crippen LogP contribution in [0.15, 0.2) is 253 Å². The first-order valence-corrected chi connectivity index (χ1v) is 20.3. The number of nitrogens with zero attached hydrogens (tertiary/aromatic N) is 1. The molecule has 0 unspecified atom stereocenters. The first kappa shape index (κ1) is 23.7. The molecule has 0 aliphatic carbocycles. The fourth-order valence-corrected chi connectivity index (χ4v) is 7.81. The summed E-state index contributed by atoms with van der Waals surface area (Å²) in [5.41, 5.74) is 1.08. The minimum Gasteiger partial charge on any atom is -0.455 e. The van der Waals surface area contributed by atoms with E-state index in [9.17, 15) is 16.4 Å². The second kappa shape index (κ2) is 16.8. The molecule has 1 aromatic heterocycles. The molecule has 0 N–H and O–H groups in total. The van der Waals surface area contributed by atoms with Crippen LogP contribution in [0.3, 0.4) is 0 Å². The Bertz CT molecular complexity index is 4470. The molecule has 0 aliphatic rings. The number of furan rings is 1. The van der Waals surface area contributed by atoms with Gasteiger partial charge in [-0.25, -0.2) is 0 Å². The molecule has 11 rings (SSSR count). The molecule has 0 amide bonds. The van der Waals surface area contributed by atoms with Crippen LogP contribution in [0.5, 0.6) is 0 Å². The van der Waals surface area contributed by atoms with Gasteiger partial charge >= 0.3 is 0 Å². The van der Waals surface area contributed by atoms with Crippen LogP contribution in [-0.4, -0.2) is 0 Å². The van der Waals surface area contributed by atoms with Gasteiger partial charge in [0.05, 0.1) is 30.4 Å². The van der Waals surface area contributed by atoms with Gasteiger partial charge < -0.3 is 9.32 Å². The van der Waals surface area contributed by atoms with Gasteiger partial charge in [0.2, 0.25) is 0 Å². The summed E-state index contributed by atoms with van der Waals surface area (Å²) in [5.74, 6) is 0. The molecule has 302 valence electrons. The number of anilines is 3. The van der Waals surface area contributed by atoms with Crippen LogP contribution in [0.25, 0.3) is 94.4 Å². The molecule has 0 saturated carbocycles. The Morgan fingerprint density at radius 2 is 1.05 bits per heavy atom. The van der Waals surface area contributed by atoms with Crippen molar-refractivity contribution in [3.63, 3.8) is 0 Å². The van der Waals surface area contributed by atoms with Crippen molar-refractivity contribution in [2.75, 3.05) is 4.90 Å². The van der Waals surface area contributed by atoms with E-state index in [4.69, 9.17) is 12.6 Å². The molecule has 0 aliphatic heterocycles. The average Bonchev–Trinajstić information content (AvgIpc) is 2.86. The lowest BCUT2D eigenvalue weighted by Crippen LogP contribution is -2.11. The SMILES string of the molecule is [2H]C=C([2H])/C([2H])=C(/[2H])c1cc(-c2c([2H])c([2H])c(-c3c([2H])c([2H])c(N(c4ccccc4-c4ccc5oc6c7ccccc7ccc6c5c4)c4c([2H])c([2H])c(-c5ccc(-c6ccccc6)cc5)c([2H])c4[2H])c([2H])c3[2H])c([2H])c2[2H])c([2H])cc1[2H]. The molecular weight excluding hydrogens is 775 g/mol. The summed E-state index contributed by atoms with van der Waals surface area (Å²) in [6, 6.07) is 30.9. The topological polar surface area (TPSA) is 16.4 Å². The molecule has 0 radical (unpaired) electrons. The number of hydrogen-bond donors (Lipinski definition) is 0. The lowest BCUT2D eigenvalue weighted by atomic mass is 9.97. The van der Waals surface area contributed by atoms with Crippen LogP contribution >= 0.6 is 0 Å². The van der Waals surface area contributed by atoms with Gasteiger partial charge in [0.25, 0.3) is 0 Å². The molecule has 0 atom stereocenters. The Labute approximate surface area is 399 Å². The Morgan fingerprint density at radius 1 is 0.453 bits per heavy atom. The van der Waals surface area contributed by atoms with Crippen molar-refractivity contribution in [3.05, 3.63) is 254 Å². The number of allylic oxidation sites excluding steroid dienone is 2. The monoisotopic (exact) mass is 835 g/mol. The van der Waals surface area contributed by atoms with Crippen molar-refractivity contribution < 1.29 is 29.1 Å².